The zero-order valence-electron chi connectivity index (χ0n) is 9.48. The Balaban J connectivity index is 2.01. The van der Waals surface area contributed by atoms with Gasteiger partial charge in [-0.15, -0.1) is 0 Å². The maximum atomic E-state index is 13.6. The Morgan fingerprint density at radius 1 is 1.17 bits per heavy atom. The summed E-state index contributed by atoms with van der Waals surface area (Å²) in [6, 6.07) is 10.7. The number of hydrogen-bond donors (Lipinski definition) is 0. The van der Waals surface area contributed by atoms with Crippen LogP contribution in [0.25, 0.3) is 5.65 Å². The van der Waals surface area contributed by atoms with Crippen LogP contribution in [-0.4, -0.2) is 9.38 Å². The van der Waals surface area contributed by atoms with Gasteiger partial charge >= 0.3 is 0 Å². The summed E-state index contributed by atoms with van der Waals surface area (Å²) in [4.78, 5) is 4.50. The molecule has 3 rings (SSSR count). The van der Waals surface area contributed by atoms with Crippen LogP contribution in [0.4, 0.5) is 4.39 Å². The average Bonchev–Trinajstić information content (AvgIpc) is 2.76. The number of nitrogens with zero attached hydrogens (tertiary/aromatic N) is 2. The number of fused-ring (bicyclic) bond motifs is 1. The predicted octanol–water partition coefficient (Wildman–Crippen LogP) is 3.83. The van der Waals surface area contributed by atoms with Crippen LogP contribution in [0.5, 0.6) is 0 Å². The molecular weight excluding hydrogens is 295 g/mol. The van der Waals surface area contributed by atoms with Crippen molar-refractivity contribution in [1.82, 2.24) is 9.38 Å². The van der Waals surface area contributed by atoms with Gasteiger partial charge in [-0.2, -0.15) is 0 Å². The molecule has 2 heterocycles. The molecular formula is C14H10BrFN2. The van der Waals surface area contributed by atoms with Crippen molar-refractivity contribution in [1.29, 1.82) is 0 Å². The molecule has 0 unspecified atom stereocenters. The minimum absolute atomic E-state index is 0.186. The molecule has 3 aromatic rings. The van der Waals surface area contributed by atoms with Crippen LogP contribution in [-0.2, 0) is 6.42 Å². The van der Waals surface area contributed by atoms with Gasteiger partial charge in [0.1, 0.15) is 5.82 Å². The maximum absolute atomic E-state index is 13.6. The van der Waals surface area contributed by atoms with E-state index in [9.17, 15) is 4.39 Å². The Morgan fingerprint density at radius 3 is 2.78 bits per heavy atom. The van der Waals surface area contributed by atoms with Crippen LogP contribution in [0.1, 0.15) is 11.3 Å². The van der Waals surface area contributed by atoms with Gasteiger partial charge in [0.15, 0.2) is 5.65 Å². The summed E-state index contributed by atoms with van der Waals surface area (Å²) >= 11 is 3.45. The van der Waals surface area contributed by atoms with E-state index in [0.717, 1.165) is 15.8 Å². The molecule has 0 aliphatic carbocycles. The highest BCUT2D eigenvalue weighted by Gasteiger charge is 2.07. The molecule has 0 spiro atoms. The molecule has 0 bridgehead atoms. The van der Waals surface area contributed by atoms with E-state index in [4.69, 9.17) is 0 Å². The molecule has 0 amide bonds. The highest BCUT2D eigenvalue weighted by Crippen LogP contribution is 2.19. The van der Waals surface area contributed by atoms with Gasteiger partial charge in [-0.3, -0.25) is 0 Å². The SMILES string of the molecule is Fc1ccccc1Cc1cn2cccc(Br)c2n1. The largest absolute Gasteiger partial charge is 0.306 e. The molecule has 0 atom stereocenters. The van der Waals surface area contributed by atoms with E-state index in [1.165, 1.54) is 6.07 Å². The summed E-state index contributed by atoms with van der Waals surface area (Å²) in [5.74, 6) is -0.186. The Labute approximate surface area is 112 Å². The van der Waals surface area contributed by atoms with Crippen molar-refractivity contribution in [3.05, 3.63) is 70.3 Å². The summed E-state index contributed by atoms with van der Waals surface area (Å²) in [6.45, 7) is 0. The summed E-state index contributed by atoms with van der Waals surface area (Å²) in [7, 11) is 0. The van der Waals surface area contributed by atoms with Gasteiger partial charge in [0.2, 0.25) is 0 Å². The fourth-order valence-corrected chi connectivity index (χ4v) is 2.40. The van der Waals surface area contributed by atoms with Gasteiger partial charge in [0, 0.05) is 18.8 Å². The van der Waals surface area contributed by atoms with Gasteiger partial charge in [0.05, 0.1) is 10.2 Å². The van der Waals surface area contributed by atoms with Crippen LogP contribution >= 0.6 is 15.9 Å². The molecule has 90 valence electrons. The third-order valence-corrected chi connectivity index (χ3v) is 3.43. The minimum atomic E-state index is -0.186. The van der Waals surface area contributed by atoms with Crippen LogP contribution < -0.4 is 0 Å². The summed E-state index contributed by atoms with van der Waals surface area (Å²) in [5, 5.41) is 0. The highest BCUT2D eigenvalue weighted by atomic mass is 79.9. The van der Waals surface area contributed by atoms with E-state index in [1.807, 2.05) is 35.0 Å². The van der Waals surface area contributed by atoms with Gasteiger partial charge in [-0.25, -0.2) is 9.37 Å². The van der Waals surface area contributed by atoms with E-state index >= 15 is 0 Å². The summed E-state index contributed by atoms with van der Waals surface area (Å²) < 4.78 is 16.4. The first-order valence-corrected chi connectivity index (χ1v) is 6.39. The van der Waals surface area contributed by atoms with Crippen molar-refractivity contribution in [2.75, 3.05) is 0 Å². The second-order valence-electron chi connectivity index (χ2n) is 4.09. The van der Waals surface area contributed by atoms with Gasteiger partial charge < -0.3 is 4.40 Å². The number of hydrogen-bond acceptors (Lipinski definition) is 1. The molecule has 2 nitrogen and oxygen atoms in total. The fraction of sp³-hybridized carbons (Fsp3) is 0.0714. The molecule has 0 saturated heterocycles. The molecule has 0 saturated carbocycles. The Bertz CT molecular complexity index is 706. The van der Waals surface area contributed by atoms with Crippen molar-refractivity contribution in [3.8, 4) is 0 Å². The fourth-order valence-electron chi connectivity index (χ4n) is 1.95. The maximum Gasteiger partial charge on any atom is 0.151 e. The number of imidazole rings is 1. The Morgan fingerprint density at radius 2 is 2.00 bits per heavy atom. The van der Waals surface area contributed by atoms with E-state index in [2.05, 4.69) is 20.9 Å². The van der Waals surface area contributed by atoms with Gasteiger partial charge in [0.25, 0.3) is 0 Å². The molecule has 0 fully saturated rings. The van der Waals surface area contributed by atoms with E-state index in [0.29, 0.717) is 12.0 Å². The first-order chi connectivity index (χ1) is 8.74. The third kappa shape index (κ3) is 2.04. The van der Waals surface area contributed by atoms with Crippen LogP contribution in [0, 0.1) is 5.82 Å². The summed E-state index contributed by atoms with van der Waals surface area (Å²) in [6.07, 6.45) is 4.35. The Hall–Kier alpha value is -1.68. The van der Waals surface area contributed by atoms with Crippen molar-refractivity contribution >= 4 is 21.6 Å². The number of pyridine rings is 1. The molecule has 0 radical (unpaired) electrons. The van der Waals surface area contributed by atoms with E-state index < -0.39 is 0 Å². The molecule has 2 aromatic heterocycles. The second kappa shape index (κ2) is 4.53. The number of halogens is 2. The Kier molecular flexibility index (Phi) is 2.88. The minimum Gasteiger partial charge on any atom is -0.306 e. The lowest BCUT2D eigenvalue weighted by molar-refractivity contribution is 0.613. The molecule has 18 heavy (non-hydrogen) atoms. The quantitative estimate of drug-likeness (QED) is 0.703. The highest BCUT2D eigenvalue weighted by molar-refractivity contribution is 9.10. The van der Waals surface area contributed by atoms with Crippen LogP contribution in [0.3, 0.4) is 0 Å². The average molecular weight is 305 g/mol. The number of benzene rings is 1. The van der Waals surface area contributed by atoms with E-state index in [-0.39, 0.29) is 5.82 Å². The zero-order chi connectivity index (χ0) is 12.5. The third-order valence-electron chi connectivity index (χ3n) is 2.81. The zero-order valence-corrected chi connectivity index (χ0v) is 11.1. The molecule has 4 heteroatoms. The van der Waals surface area contributed by atoms with Crippen molar-refractivity contribution in [2.24, 2.45) is 0 Å². The van der Waals surface area contributed by atoms with Crippen molar-refractivity contribution in [2.45, 2.75) is 6.42 Å². The lowest BCUT2D eigenvalue weighted by atomic mass is 10.1. The summed E-state index contributed by atoms with van der Waals surface area (Å²) in [5.41, 5.74) is 2.37. The predicted molar refractivity (Wildman–Crippen MR) is 72.1 cm³/mol. The smallest absolute Gasteiger partial charge is 0.151 e. The van der Waals surface area contributed by atoms with Crippen LogP contribution in [0.2, 0.25) is 0 Å². The molecule has 0 aliphatic rings. The normalized spacial score (nSPS) is 11.0. The van der Waals surface area contributed by atoms with Crippen molar-refractivity contribution < 1.29 is 4.39 Å². The lowest BCUT2D eigenvalue weighted by Gasteiger charge is -1.98. The van der Waals surface area contributed by atoms with Crippen molar-refractivity contribution in [3.63, 3.8) is 0 Å². The van der Waals surface area contributed by atoms with Crippen LogP contribution in [0.15, 0.2) is 53.3 Å². The standard InChI is InChI=1S/C14H10BrFN2/c15-12-5-3-7-18-9-11(17-14(12)18)8-10-4-1-2-6-13(10)16/h1-7,9H,8H2. The second-order valence-corrected chi connectivity index (χ2v) is 4.94. The first-order valence-electron chi connectivity index (χ1n) is 5.59. The molecule has 0 aliphatic heterocycles. The lowest BCUT2D eigenvalue weighted by Crippen LogP contribution is -1.91. The number of rotatable bonds is 2. The first kappa shape index (κ1) is 11.4. The monoisotopic (exact) mass is 304 g/mol. The number of aromatic nitrogens is 2. The van der Waals surface area contributed by atoms with Gasteiger partial charge in [-0.1, -0.05) is 18.2 Å². The topological polar surface area (TPSA) is 17.3 Å². The molecule has 0 N–H and O–H groups in total. The van der Waals surface area contributed by atoms with E-state index in [1.54, 1.807) is 12.1 Å². The van der Waals surface area contributed by atoms with Gasteiger partial charge in [-0.05, 0) is 39.7 Å². The molecule has 1 aromatic carbocycles.